The maximum atomic E-state index is 3.76. The molecule has 1 aliphatic rings. The third-order valence-electron chi connectivity index (χ3n) is 3.23. The van der Waals surface area contributed by atoms with Crippen molar-refractivity contribution in [2.75, 3.05) is 0 Å². The lowest BCUT2D eigenvalue weighted by molar-refractivity contribution is 0.521. The third-order valence-corrected chi connectivity index (χ3v) is 4.46. The number of rotatable bonds is 6. The summed E-state index contributed by atoms with van der Waals surface area (Å²) in [5.41, 5.74) is 1.61. The second-order valence-electron chi connectivity index (χ2n) is 4.66. The van der Waals surface area contributed by atoms with E-state index in [0.717, 1.165) is 13.0 Å². The molecule has 0 saturated heterocycles. The van der Waals surface area contributed by atoms with Gasteiger partial charge in [-0.1, -0.05) is 6.08 Å². The molecule has 1 heterocycles. The molecule has 0 amide bonds. The molecule has 1 aromatic heterocycles. The number of hydrogen-bond donors (Lipinski definition) is 1. The summed E-state index contributed by atoms with van der Waals surface area (Å²) < 4.78 is 0. The third kappa shape index (κ3) is 2.96. The van der Waals surface area contributed by atoms with Gasteiger partial charge in [-0.05, 0) is 50.7 Å². The van der Waals surface area contributed by atoms with Gasteiger partial charge in [-0.2, -0.15) is 0 Å². The van der Waals surface area contributed by atoms with Gasteiger partial charge in [-0.3, -0.25) is 0 Å². The molecule has 0 aromatic carbocycles. The second kappa shape index (κ2) is 5.65. The van der Waals surface area contributed by atoms with Crippen LogP contribution in [0.25, 0.3) is 0 Å². The molecule has 1 unspecified atom stereocenters. The lowest BCUT2D eigenvalue weighted by Crippen LogP contribution is -2.24. The molecule has 2 rings (SSSR count). The summed E-state index contributed by atoms with van der Waals surface area (Å²) >= 11 is 2.01. The van der Waals surface area contributed by atoms with E-state index < -0.39 is 0 Å². The van der Waals surface area contributed by atoms with Gasteiger partial charge in [0.25, 0.3) is 0 Å². The Labute approximate surface area is 103 Å². The summed E-state index contributed by atoms with van der Waals surface area (Å²) in [5.74, 6) is 0. The molecule has 1 N–H and O–H groups in total. The standard InChI is InChI=1S/C14H21NS/c1-3-4-6-11(2)15-10-13-9-12-7-5-8-14(12)16-13/h3,9,11,15H,1,4-8,10H2,2H3. The Kier molecular flexibility index (Phi) is 4.19. The lowest BCUT2D eigenvalue weighted by Gasteiger charge is -2.11. The van der Waals surface area contributed by atoms with Gasteiger partial charge >= 0.3 is 0 Å². The highest BCUT2D eigenvalue weighted by Crippen LogP contribution is 2.30. The number of nitrogens with one attached hydrogen (secondary N) is 1. The van der Waals surface area contributed by atoms with Crippen molar-refractivity contribution in [3.05, 3.63) is 34.0 Å². The first-order valence-electron chi connectivity index (χ1n) is 6.24. The fourth-order valence-corrected chi connectivity index (χ4v) is 3.43. The van der Waals surface area contributed by atoms with E-state index in [9.17, 15) is 0 Å². The highest BCUT2D eigenvalue weighted by molar-refractivity contribution is 7.12. The Morgan fingerprint density at radius 1 is 1.56 bits per heavy atom. The Morgan fingerprint density at radius 3 is 3.19 bits per heavy atom. The van der Waals surface area contributed by atoms with Crippen molar-refractivity contribution in [2.24, 2.45) is 0 Å². The molecule has 0 aliphatic heterocycles. The van der Waals surface area contributed by atoms with Gasteiger partial charge in [0.1, 0.15) is 0 Å². The van der Waals surface area contributed by atoms with Crippen molar-refractivity contribution in [1.82, 2.24) is 5.32 Å². The predicted molar refractivity (Wildman–Crippen MR) is 72.1 cm³/mol. The van der Waals surface area contributed by atoms with Crippen LogP contribution in [0.2, 0.25) is 0 Å². The fraction of sp³-hybridized carbons (Fsp3) is 0.571. The summed E-state index contributed by atoms with van der Waals surface area (Å²) in [6.45, 7) is 7.05. The predicted octanol–water partition coefficient (Wildman–Crippen LogP) is 3.68. The van der Waals surface area contributed by atoms with Crippen molar-refractivity contribution >= 4 is 11.3 Å². The van der Waals surface area contributed by atoms with E-state index in [0.29, 0.717) is 6.04 Å². The number of allylic oxidation sites excluding steroid dienone is 1. The van der Waals surface area contributed by atoms with Crippen LogP contribution in [-0.2, 0) is 19.4 Å². The number of thiophene rings is 1. The summed E-state index contributed by atoms with van der Waals surface area (Å²) in [4.78, 5) is 3.14. The van der Waals surface area contributed by atoms with E-state index in [1.54, 1.807) is 10.4 Å². The molecule has 1 nitrogen and oxygen atoms in total. The van der Waals surface area contributed by atoms with Crippen LogP contribution >= 0.6 is 11.3 Å². The summed E-state index contributed by atoms with van der Waals surface area (Å²) in [6, 6.07) is 3.00. The largest absolute Gasteiger partial charge is 0.309 e. The van der Waals surface area contributed by atoms with E-state index in [1.165, 1.54) is 30.6 Å². The molecule has 16 heavy (non-hydrogen) atoms. The molecule has 0 radical (unpaired) electrons. The number of hydrogen-bond acceptors (Lipinski definition) is 2. The van der Waals surface area contributed by atoms with Gasteiger partial charge in [-0.15, -0.1) is 17.9 Å². The van der Waals surface area contributed by atoms with Gasteiger partial charge < -0.3 is 5.32 Å². The van der Waals surface area contributed by atoms with Crippen LogP contribution in [0.3, 0.4) is 0 Å². The minimum atomic E-state index is 0.593. The first-order valence-corrected chi connectivity index (χ1v) is 7.06. The molecule has 88 valence electrons. The van der Waals surface area contributed by atoms with Crippen molar-refractivity contribution in [3.63, 3.8) is 0 Å². The minimum absolute atomic E-state index is 0.593. The zero-order valence-corrected chi connectivity index (χ0v) is 10.9. The molecule has 2 heteroatoms. The molecule has 0 fully saturated rings. The van der Waals surface area contributed by atoms with Gasteiger partial charge in [-0.25, -0.2) is 0 Å². The van der Waals surface area contributed by atoms with Gasteiger partial charge in [0, 0.05) is 22.3 Å². The highest BCUT2D eigenvalue weighted by atomic mass is 32.1. The van der Waals surface area contributed by atoms with Crippen LogP contribution in [0, 0.1) is 0 Å². The van der Waals surface area contributed by atoms with E-state index in [4.69, 9.17) is 0 Å². The van der Waals surface area contributed by atoms with Gasteiger partial charge in [0.15, 0.2) is 0 Å². The maximum absolute atomic E-state index is 3.76. The van der Waals surface area contributed by atoms with E-state index >= 15 is 0 Å². The second-order valence-corrected chi connectivity index (χ2v) is 5.88. The van der Waals surface area contributed by atoms with Crippen LogP contribution in [0.1, 0.15) is 41.5 Å². The van der Waals surface area contributed by atoms with Crippen LogP contribution in [0.5, 0.6) is 0 Å². The average molecular weight is 235 g/mol. The lowest BCUT2D eigenvalue weighted by atomic mass is 10.2. The SMILES string of the molecule is C=CCCC(C)NCc1cc2c(s1)CCC2. The molecule has 0 bridgehead atoms. The Hall–Kier alpha value is -0.600. The monoisotopic (exact) mass is 235 g/mol. The van der Waals surface area contributed by atoms with Crippen molar-refractivity contribution < 1.29 is 0 Å². The Morgan fingerprint density at radius 2 is 2.44 bits per heavy atom. The molecule has 0 spiro atoms. The normalized spacial score (nSPS) is 16.1. The van der Waals surface area contributed by atoms with Crippen LogP contribution in [0.4, 0.5) is 0 Å². The molecular weight excluding hydrogens is 214 g/mol. The smallest absolute Gasteiger partial charge is 0.0302 e. The summed E-state index contributed by atoms with van der Waals surface area (Å²) in [7, 11) is 0. The van der Waals surface area contributed by atoms with Gasteiger partial charge in [0.05, 0.1) is 0 Å². The quantitative estimate of drug-likeness (QED) is 0.742. The van der Waals surface area contributed by atoms with Crippen molar-refractivity contribution in [1.29, 1.82) is 0 Å². The maximum Gasteiger partial charge on any atom is 0.0302 e. The van der Waals surface area contributed by atoms with Crippen molar-refractivity contribution in [2.45, 2.75) is 51.6 Å². The van der Waals surface area contributed by atoms with E-state index in [-0.39, 0.29) is 0 Å². The van der Waals surface area contributed by atoms with Crippen LogP contribution < -0.4 is 5.32 Å². The Balaban J connectivity index is 1.78. The minimum Gasteiger partial charge on any atom is -0.309 e. The topological polar surface area (TPSA) is 12.0 Å². The zero-order valence-electron chi connectivity index (χ0n) is 10.1. The van der Waals surface area contributed by atoms with E-state index in [1.807, 2.05) is 17.4 Å². The molecule has 1 atom stereocenters. The molecule has 0 saturated carbocycles. The average Bonchev–Trinajstić information content (AvgIpc) is 2.83. The summed E-state index contributed by atoms with van der Waals surface area (Å²) in [6.07, 6.45) is 8.27. The molecular formula is C14H21NS. The number of aryl methyl sites for hydroxylation is 2. The zero-order chi connectivity index (χ0) is 11.4. The number of fused-ring (bicyclic) bond motifs is 1. The van der Waals surface area contributed by atoms with E-state index in [2.05, 4.69) is 24.9 Å². The first kappa shape index (κ1) is 11.9. The van der Waals surface area contributed by atoms with Crippen LogP contribution in [-0.4, -0.2) is 6.04 Å². The summed E-state index contributed by atoms with van der Waals surface area (Å²) in [5, 5.41) is 3.59. The molecule has 1 aliphatic carbocycles. The van der Waals surface area contributed by atoms with Crippen molar-refractivity contribution in [3.8, 4) is 0 Å². The first-order chi connectivity index (χ1) is 7.79. The van der Waals surface area contributed by atoms with Gasteiger partial charge in [0.2, 0.25) is 0 Å². The Bertz CT molecular complexity index is 332. The molecule has 1 aromatic rings. The van der Waals surface area contributed by atoms with Crippen LogP contribution in [0.15, 0.2) is 18.7 Å². The fourth-order valence-electron chi connectivity index (χ4n) is 2.22. The highest BCUT2D eigenvalue weighted by Gasteiger charge is 2.14.